The average molecular weight is 361 g/mol. The Labute approximate surface area is 154 Å². The lowest BCUT2D eigenvalue weighted by molar-refractivity contribution is -0.121. The van der Waals surface area contributed by atoms with E-state index in [0.29, 0.717) is 13.0 Å². The molecule has 0 aliphatic heterocycles. The first kappa shape index (κ1) is 19.5. The van der Waals surface area contributed by atoms with Gasteiger partial charge in [-0.1, -0.05) is 32.0 Å². The summed E-state index contributed by atoms with van der Waals surface area (Å²) in [5.41, 5.74) is 1.17. The Balaban J connectivity index is 1.99. The van der Waals surface area contributed by atoms with Crippen molar-refractivity contribution in [3.8, 4) is 5.75 Å². The van der Waals surface area contributed by atoms with Crippen LogP contribution in [0.1, 0.15) is 36.8 Å². The van der Waals surface area contributed by atoms with E-state index in [4.69, 9.17) is 4.74 Å². The highest BCUT2D eigenvalue weighted by atomic mass is 32.1. The van der Waals surface area contributed by atoms with Crippen LogP contribution in [0.2, 0.25) is 0 Å². The van der Waals surface area contributed by atoms with E-state index in [-0.39, 0.29) is 11.9 Å². The van der Waals surface area contributed by atoms with E-state index < -0.39 is 0 Å². The van der Waals surface area contributed by atoms with Crippen molar-refractivity contribution in [3.05, 3.63) is 52.2 Å². The second-order valence-electron chi connectivity index (χ2n) is 5.90. The molecule has 0 aliphatic carbocycles. The van der Waals surface area contributed by atoms with Gasteiger partial charge in [0.1, 0.15) is 5.75 Å². The van der Waals surface area contributed by atoms with Crippen molar-refractivity contribution in [2.75, 3.05) is 26.7 Å². The zero-order valence-electron chi connectivity index (χ0n) is 15.3. The summed E-state index contributed by atoms with van der Waals surface area (Å²) in [6, 6.07) is 12.4. The molecule has 136 valence electrons. The van der Waals surface area contributed by atoms with Gasteiger partial charge >= 0.3 is 0 Å². The molecule has 2 rings (SSSR count). The molecule has 1 unspecified atom stereocenters. The van der Waals surface area contributed by atoms with Gasteiger partial charge in [0.05, 0.1) is 13.2 Å². The Hall–Kier alpha value is -1.85. The van der Waals surface area contributed by atoms with E-state index in [1.165, 1.54) is 10.4 Å². The minimum Gasteiger partial charge on any atom is -0.497 e. The van der Waals surface area contributed by atoms with Crippen molar-refractivity contribution in [2.45, 2.75) is 32.7 Å². The smallest absolute Gasteiger partial charge is 0.220 e. The van der Waals surface area contributed by atoms with Crippen molar-refractivity contribution < 1.29 is 9.53 Å². The number of amides is 1. The maximum absolute atomic E-state index is 12.2. The van der Waals surface area contributed by atoms with E-state index in [1.807, 2.05) is 23.6 Å². The van der Waals surface area contributed by atoms with Gasteiger partial charge in [-0.25, -0.2) is 0 Å². The standard InChI is InChI=1S/C20H28N2O2S/c1-4-22(5-2)19(16-8-6-9-17(14-16)24-3)15-21-20(23)12-11-18-10-7-13-25-18/h6-10,13-14,19H,4-5,11-12,15H2,1-3H3,(H,21,23). The summed E-state index contributed by atoms with van der Waals surface area (Å²) in [6.45, 7) is 6.77. The van der Waals surface area contributed by atoms with Gasteiger partial charge in [0.2, 0.25) is 5.91 Å². The third-order valence-corrected chi connectivity index (χ3v) is 5.34. The molecule has 0 radical (unpaired) electrons. The molecule has 0 aliphatic rings. The topological polar surface area (TPSA) is 41.6 Å². The number of thiophene rings is 1. The number of likely N-dealkylation sites (N-methyl/N-ethyl adjacent to an activating group) is 1. The van der Waals surface area contributed by atoms with Gasteiger partial charge < -0.3 is 10.1 Å². The number of hydrogen-bond donors (Lipinski definition) is 1. The highest BCUT2D eigenvalue weighted by molar-refractivity contribution is 7.09. The fourth-order valence-electron chi connectivity index (χ4n) is 2.96. The van der Waals surface area contributed by atoms with E-state index >= 15 is 0 Å². The average Bonchev–Trinajstić information content (AvgIpc) is 3.17. The molecule has 0 spiro atoms. The second kappa shape index (κ2) is 10.2. The SMILES string of the molecule is CCN(CC)C(CNC(=O)CCc1cccs1)c1cccc(OC)c1. The molecular formula is C20H28N2O2S. The number of carbonyl (C=O) groups excluding carboxylic acids is 1. The Kier molecular flexibility index (Phi) is 7.95. The molecule has 5 heteroatoms. The third kappa shape index (κ3) is 5.87. The van der Waals surface area contributed by atoms with Crippen LogP contribution in [0.4, 0.5) is 0 Å². The summed E-state index contributed by atoms with van der Waals surface area (Å²) >= 11 is 1.70. The lowest BCUT2D eigenvalue weighted by atomic mass is 10.0. The minimum atomic E-state index is 0.105. The fourth-order valence-corrected chi connectivity index (χ4v) is 3.67. The number of benzene rings is 1. The Morgan fingerprint density at radius 3 is 2.68 bits per heavy atom. The number of nitrogens with one attached hydrogen (secondary N) is 1. The third-order valence-electron chi connectivity index (χ3n) is 4.40. The first-order chi connectivity index (χ1) is 12.2. The van der Waals surface area contributed by atoms with Gasteiger partial charge in [0, 0.05) is 17.8 Å². The van der Waals surface area contributed by atoms with Gasteiger partial charge in [-0.15, -0.1) is 11.3 Å². The van der Waals surface area contributed by atoms with Crippen LogP contribution >= 0.6 is 11.3 Å². The highest BCUT2D eigenvalue weighted by Gasteiger charge is 2.19. The molecular weight excluding hydrogens is 332 g/mol. The molecule has 1 amide bonds. The number of methoxy groups -OCH3 is 1. The van der Waals surface area contributed by atoms with Crippen molar-refractivity contribution in [1.82, 2.24) is 10.2 Å². The molecule has 1 atom stereocenters. The van der Waals surface area contributed by atoms with Crippen LogP contribution in [0.25, 0.3) is 0 Å². The Morgan fingerprint density at radius 2 is 2.04 bits per heavy atom. The lowest BCUT2D eigenvalue weighted by Gasteiger charge is -2.30. The van der Waals surface area contributed by atoms with Crippen LogP contribution in [0, 0.1) is 0 Å². The second-order valence-corrected chi connectivity index (χ2v) is 6.93. The van der Waals surface area contributed by atoms with Crippen LogP contribution in [-0.4, -0.2) is 37.6 Å². The summed E-state index contributed by atoms with van der Waals surface area (Å²) < 4.78 is 5.35. The van der Waals surface area contributed by atoms with Crippen molar-refractivity contribution in [3.63, 3.8) is 0 Å². The van der Waals surface area contributed by atoms with Crippen LogP contribution in [-0.2, 0) is 11.2 Å². The predicted octanol–water partition coefficient (Wildman–Crippen LogP) is 3.89. The van der Waals surface area contributed by atoms with E-state index in [9.17, 15) is 4.79 Å². The van der Waals surface area contributed by atoms with Crippen LogP contribution < -0.4 is 10.1 Å². The molecule has 25 heavy (non-hydrogen) atoms. The van der Waals surface area contributed by atoms with Crippen molar-refractivity contribution >= 4 is 17.2 Å². The molecule has 0 fully saturated rings. The molecule has 1 aromatic heterocycles. The van der Waals surface area contributed by atoms with Crippen LogP contribution in [0.3, 0.4) is 0 Å². The molecule has 4 nitrogen and oxygen atoms in total. The van der Waals surface area contributed by atoms with E-state index in [0.717, 1.165) is 25.3 Å². The zero-order chi connectivity index (χ0) is 18.1. The maximum Gasteiger partial charge on any atom is 0.220 e. The van der Waals surface area contributed by atoms with Gasteiger partial charge in [-0.05, 0) is 48.7 Å². The molecule has 1 heterocycles. The van der Waals surface area contributed by atoms with Crippen molar-refractivity contribution in [1.29, 1.82) is 0 Å². The van der Waals surface area contributed by atoms with E-state index in [1.54, 1.807) is 18.4 Å². The van der Waals surface area contributed by atoms with Gasteiger partial charge in [-0.2, -0.15) is 0 Å². The zero-order valence-corrected chi connectivity index (χ0v) is 16.1. The number of hydrogen-bond acceptors (Lipinski definition) is 4. The van der Waals surface area contributed by atoms with Gasteiger partial charge in [0.25, 0.3) is 0 Å². The number of carbonyl (C=O) groups is 1. The van der Waals surface area contributed by atoms with Gasteiger partial charge in [0.15, 0.2) is 0 Å². The number of aryl methyl sites for hydroxylation is 1. The first-order valence-corrected chi connectivity index (χ1v) is 9.73. The summed E-state index contributed by atoms with van der Waals surface area (Å²) in [6.07, 6.45) is 1.34. The molecule has 0 saturated heterocycles. The summed E-state index contributed by atoms with van der Waals surface area (Å²) in [4.78, 5) is 15.9. The largest absolute Gasteiger partial charge is 0.497 e. The summed E-state index contributed by atoms with van der Waals surface area (Å²) in [5, 5.41) is 5.16. The summed E-state index contributed by atoms with van der Waals surface area (Å²) in [5.74, 6) is 0.951. The maximum atomic E-state index is 12.2. The molecule has 0 bridgehead atoms. The molecule has 0 saturated carbocycles. The Morgan fingerprint density at radius 1 is 1.24 bits per heavy atom. The molecule has 2 aromatic rings. The number of rotatable bonds is 10. The van der Waals surface area contributed by atoms with Crippen molar-refractivity contribution in [2.24, 2.45) is 0 Å². The fraction of sp³-hybridized carbons (Fsp3) is 0.450. The van der Waals surface area contributed by atoms with Gasteiger partial charge in [-0.3, -0.25) is 9.69 Å². The van der Waals surface area contributed by atoms with Crippen LogP contribution in [0.5, 0.6) is 5.75 Å². The molecule has 1 N–H and O–H groups in total. The summed E-state index contributed by atoms with van der Waals surface area (Å²) in [7, 11) is 1.68. The van der Waals surface area contributed by atoms with Crippen LogP contribution in [0.15, 0.2) is 41.8 Å². The number of ether oxygens (including phenoxy) is 1. The minimum absolute atomic E-state index is 0.105. The monoisotopic (exact) mass is 360 g/mol. The highest BCUT2D eigenvalue weighted by Crippen LogP contribution is 2.24. The van der Waals surface area contributed by atoms with E-state index in [2.05, 4.69) is 42.3 Å². The Bertz CT molecular complexity index is 639. The predicted molar refractivity (Wildman–Crippen MR) is 104 cm³/mol. The quantitative estimate of drug-likeness (QED) is 0.699. The number of nitrogens with zero attached hydrogens (tertiary/aromatic N) is 1. The lowest BCUT2D eigenvalue weighted by Crippen LogP contribution is -2.38. The molecule has 1 aromatic carbocycles. The normalized spacial score (nSPS) is 12.2. The first-order valence-electron chi connectivity index (χ1n) is 8.85.